The Balaban J connectivity index is 2.36. The second-order valence-electron chi connectivity index (χ2n) is 3.64. The predicted molar refractivity (Wildman–Crippen MR) is 76.1 cm³/mol. The number of nitrogens with zero attached hydrogens (tertiary/aromatic N) is 1. The van der Waals surface area contributed by atoms with Crippen molar-refractivity contribution in [3.05, 3.63) is 57.1 Å². The molecule has 0 unspecified atom stereocenters. The first-order valence-corrected chi connectivity index (χ1v) is 6.29. The van der Waals surface area contributed by atoms with E-state index in [1.807, 2.05) is 0 Å². The molecule has 1 aromatic carbocycles. The maximum atomic E-state index is 11.9. The van der Waals surface area contributed by atoms with Gasteiger partial charge in [-0.05, 0) is 24.3 Å². The highest BCUT2D eigenvalue weighted by Gasteiger charge is 2.18. The maximum Gasteiger partial charge on any atom is 0.279 e. The molecule has 19 heavy (non-hydrogen) atoms. The van der Waals surface area contributed by atoms with Crippen LogP contribution in [0.4, 0.5) is 0 Å². The summed E-state index contributed by atoms with van der Waals surface area (Å²) < 4.78 is 0. The van der Waals surface area contributed by atoms with E-state index in [0.717, 1.165) is 0 Å². The first kappa shape index (κ1) is 14.0. The molecule has 0 saturated heterocycles. The number of aliphatic imine (C=N–C) groups is 1. The summed E-state index contributed by atoms with van der Waals surface area (Å²) >= 11 is 17.3. The van der Waals surface area contributed by atoms with E-state index in [-0.39, 0.29) is 21.3 Å². The highest BCUT2D eigenvalue weighted by atomic mass is 35.5. The Kier molecular flexibility index (Phi) is 4.20. The molecule has 0 heterocycles. The number of amides is 1. The molecule has 1 amide bonds. The third-order valence-electron chi connectivity index (χ3n) is 2.32. The Labute approximate surface area is 124 Å². The second-order valence-corrected chi connectivity index (χ2v) is 4.86. The van der Waals surface area contributed by atoms with Crippen molar-refractivity contribution >= 4 is 52.2 Å². The molecular formula is C13H6Cl3NO2. The Bertz CT molecular complexity index is 636. The summed E-state index contributed by atoms with van der Waals surface area (Å²) in [7, 11) is 0. The lowest BCUT2D eigenvalue weighted by Crippen LogP contribution is -2.10. The fourth-order valence-corrected chi connectivity index (χ4v) is 2.12. The van der Waals surface area contributed by atoms with Crippen LogP contribution in [0.5, 0.6) is 0 Å². The molecule has 0 bridgehead atoms. The lowest BCUT2D eigenvalue weighted by Gasteiger charge is -2.05. The molecule has 1 aliphatic carbocycles. The van der Waals surface area contributed by atoms with Gasteiger partial charge in [-0.25, -0.2) is 4.99 Å². The van der Waals surface area contributed by atoms with Gasteiger partial charge < -0.3 is 0 Å². The number of hydrogen-bond acceptors (Lipinski definition) is 2. The van der Waals surface area contributed by atoms with Crippen LogP contribution in [0.3, 0.4) is 0 Å². The highest BCUT2D eigenvalue weighted by Crippen LogP contribution is 2.21. The lowest BCUT2D eigenvalue weighted by atomic mass is 10.1. The van der Waals surface area contributed by atoms with Crippen molar-refractivity contribution in [2.45, 2.75) is 0 Å². The van der Waals surface area contributed by atoms with E-state index in [1.54, 1.807) is 24.3 Å². The van der Waals surface area contributed by atoms with E-state index in [9.17, 15) is 9.59 Å². The SMILES string of the molecule is O=C1C(Cl)=CC(=NC(=O)c2ccccc2Cl)C=C1Cl. The predicted octanol–water partition coefficient (Wildman–Crippen LogP) is 3.75. The average molecular weight is 315 g/mol. The smallest absolute Gasteiger partial charge is 0.279 e. The summed E-state index contributed by atoms with van der Waals surface area (Å²) in [5.74, 6) is -1.02. The molecule has 1 aromatic rings. The largest absolute Gasteiger partial charge is 0.287 e. The van der Waals surface area contributed by atoms with Crippen molar-refractivity contribution in [3.63, 3.8) is 0 Å². The Morgan fingerprint density at radius 1 is 1.00 bits per heavy atom. The molecule has 0 spiro atoms. The number of rotatable bonds is 1. The van der Waals surface area contributed by atoms with Crippen LogP contribution in [0, 0.1) is 0 Å². The fourth-order valence-electron chi connectivity index (χ4n) is 1.42. The van der Waals surface area contributed by atoms with Crippen LogP contribution in [0.15, 0.2) is 51.5 Å². The number of allylic oxidation sites excluding steroid dienone is 4. The third kappa shape index (κ3) is 3.13. The van der Waals surface area contributed by atoms with Crippen molar-refractivity contribution in [3.8, 4) is 0 Å². The van der Waals surface area contributed by atoms with Gasteiger partial charge in [-0.3, -0.25) is 9.59 Å². The van der Waals surface area contributed by atoms with Crippen LogP contribution in [-0.2, 0) is 4.79 Å². The zero-order valence-electron chi connectivity index (χ0n) is 9.36. The summed E-state index contributed by atoms with van der Waals surface area (Å²) in [6.45, 7) is 0. The zero-order chi connectivity index (χ0) is 14.0. The van der Waals surface area contributed by atoms with Gasteiger partial charge in [0, 0.05) is 0 Å². The third-order valence-corrected chi connectivity index (χ3v) is 3.21. The number of carbonyl (C=O) groups is 2. The molecule has 2 rings (SSSR count). The van der Waals surface area contributed by atoms with E-state index >= 15 is 0 Å². The van der Waals surface area contributed by atoms with Gasteiger partial charge in [0.1, 0.15) is 0 Å². The van der Waals surface area contributed by atoms with Crippen LogP contribution < -0.4 is 0 Å². The standard InChI is InChI=1S/C13H6Cl3NO2/c14-9-4-2-1-3-8(9)13(19)17-7-5-10(15)12(18)11(16)6-7/h1-6H. The van der Waals surface area contributed by atoms with Gasteiger partial charge in [0.25, 0.3) is 5.91 Å². The van der Waals surface area contributed by atoms with Crippen LogP contribution in [-0.4, -0.2) is 17.4 Å². The van der Waals surface area contributed by atoms with E-state index in [4.69, 9.17) is 34.8 Å². The Morgan fingerprint density at radius 2 is 1.58 bits per heavy atom. The van der Waals surface area contributed by atoms with Crippen molar-refractivity contribution < 1.29 is 9.59 Å². The normalized spacial score (nSPS) is 14.9. The molecule has 1 aliphatic rings. The highest BCUT2D eigenvalue weighted by molar-refractivity contribution is 6.57. The summed E-state index contributed by atoms with van der Waals surface area (Å²) in [5.41, 5.74) is 0.474. The molecule has 0 N–H and O–H groups in total. The first-order valence-electron chi connectivity index (χ1n) is 5.15. The van der Waals surface area contributed by atoms with E-state index < -0.39 is 11.7 Å². The van der Waals surface area contributed by atoms with Crippen LogP contribution in [0.1, 0.15) is 10.4 Å². The minimum absolute atomic E-state index is 0.0850. The van der Waals surface area contributed by atoms with Crippen molar-refractivity contribution in [1.29, 1.82) is 0 Å². The number of Topliss-reactive ketones (excluding diaryl/α,β-unsaturated/α-hetero) is 1. The van der Waals surface area contributed by atoms with Gasteiger partial charge in [-0.2, -0.15) is 0 Å². The fraction of sp³-hybridized carbons (Fsp3) is 0. The zero-order valence-corrected chi connectivity index (χ0v) is 11.6. The lowest BCUT2D eigenvalue weighted by molar-refractivity contribution is -0.111. The monoisotopic (exact) mass is 313 g/mol. The number of ketones is 1. The van der Waals surface area contributed by atoms with Gasteiger partial charge in [-0.1, -0.05) is 46.9 Å². The number of hydrogen-bond donors (Lipinski definition) is 0. The van der Waals surface area contributed by atoms with Gasteiger partial charge in [0.15, 0.2) is 0 Å². The van der Waals surface area contributed by atoms with Crippen molar-refractivity contribution in [1.82, 2.24) is 0 Å². The van der Waals surface area contributed by atoms with E-state index in [1.165, 1.54) is 12.2 Å². The Morgan fingerprint density at radius 3 is 2.16 bits per heavy atom. The molecule has 0 aliphatic heterocycles. The summed E-state index contributed by atoms with van der Waals surface area (Å²) in [6.07, 6.45) is 2.56. The van der Waals surface area contributed by atoms with Gasteiger partial charge in [0.2, 0.25) is 5.78 Å². The number of halogens is 3. The Hall–Kier alpha value is -1.42. The van der Waals surface area contributed by atoms with E-state index in [2.05, 4.69) is 4.99 Å². The average Bonchev–Trinajstić information content (AvgIpc) is 2.36. The summed E-state index contributed by atoms with van der Waals surface area (Å²) in [6, 6.07) is 6.53. The number of benzene rings is 1. The van der Waals surface area contributed by atoms with E-state index in [0.29, 0.717) is 5.02 Å². The molecule has 6 heteroatoms. The summed E-state index contributed by atoms with van der Waals surface area (Å²) in [5, 5.41) is 0.130. The maximum absolute atomic E-state index is 11.9. The molecule has 0 saturated carbocycles. The van der Waals surface area contributed by atoms with Crippen LogP contribution in [0.2, 0.25) is 5.02 Å². The van der Waals surface area contributed by atoms with Crippen LogP contribution in [0.25, 0.3) is 0 Å². The molecule has 0 atom stereocenters. The molecule has 96 valence electrons. The molecule has 0 fully saturated rings. The van der Waals surface area contributed by atoms with Crippen LogP contribution >= 0.6 is 34.8 Å². The minimum atomic E-state index is -0.531. The quantitative estimate of drug-likeness (QED) is 0.741. The number of carbonyl (C=O) groups excluding carboxylic acids is 2. The van der Waals surface area contributed by atoms with Crippen molar-refractivity contribution in [2.24, 2.45) is 4.99 Å². The molecular weight excluding hydrogens is 309 g/mol. The topological polar surface area (TPSA) is 46.5 Å². The van der Waals surface area contributed by atoms with Gasteiger partial charge in [0.05, 0.1) is 26.4 Å². The minimum Gasteiger partial charge on any atom is -0.287 e. The van der Waals surface area contributed by atoms with Gasteiger partial charge >= 0.3 is 0 Å². The first-order chi connectivity index (χ1) is 8.99. The molecule has 0 aromatic heterocycles. The van der Waals surface area contributed by atoms with Gasteiger partial charge in [-0.15, -0.1) is 0 Å². The molecule has 0 radical (unpaired) electrons. The summed E-state index contributed by atoms with van der Waals surface area (Å²) in [4.78, 5) is 27.1. The molecule has 3 nitrogen and oxygen atoms in total. The second kappa shape index (κ2) is 5.70. The van der Waals surface area contributed by atoms with Crippen molar-refractivity contribution in [2.75, 3.05) is 0 Å².